The van der Waals surface area contributed by atoms with Gasteiger partial charge in [0.1, 0.15) is 23.7 Å². The number of ether oxygens (including phenoxy) is 1. The summed E-state index contributed by atoms with van der Waals surface area (Å²) in [4.78, 5) is 33.2. The number of aromatic nitrogens is 4. The van der Waals surface area contributed by atoms with Crippen LogP contribution in [0.3, 0.4) is 0 Å². The summed E-state index contributed by atoms with van der Waals surface area (Å²) in [6.07, 6.45) is 3.36. The molecular weight excluding hydrogens is 606 g/mol. The monoisotopic (exact) mass is 629 g/mol. The maximum atomic E-state index is 13.7. The average Bonchev–Trinajstić information content (AvgIpc) is 3.69. The number of rotatable bonds is 9. The number of fused-ring (bicyclic) bond motifs is 1. The Morgan fingerprint density at radius 1 is 1.14 bits per heavy atom. The second kappa shape index (κ2) is 12.0. The number of anilines is 1. The van der Waals surface area contributed by atoms with E-state index in [-0.39, 0.29) is 23.1 Å². The molecule has 5 aromatic rings. The third-order valence-electron chi connectivity index (χ3n) is 6.83. The molecule has 1 fully saturated rings. The number of carbonyl (C=O) groups excluding carboxylic acids is 2. The third kappa shape index (κ3) is 5.42. The maximum absolute atomic E-state index is 13.7. The lowest BCUT2D eigenvalue weighted by Crippen LogP contribution is -2.29. The summed E-state index contributed by atoms with van der Waals surface area (Å²) in [6, 6.07) is 19.0. The van der Waals surface area contributed by atoms with Gasteiger partial charge in [0.15, 0.2) is 10.1 Å². The molecule has 0 radical (unpaired) electrons. The van der Waals surface area contributed by atoms with Crippen LogP contribution in [-0.2, 0) is 15.3 Å². The van der Waals surface area contributed by atoms with Crippen molar-refractivity contribution in [3.8, 4) is 5.75 Å². The van der Waals surface area contributed by atoms with E-state index in [2.05, 4.69) is 21.8 Å². The summed E-state index contributed by atoms with van der Waals surface area (Å²) in [5.41, 5.74) is 2.83. The fraction of sp³-hybridized carbons (Fsp3) is 0.129. The van der Waals surface area contributed by atoms with E-state index >= 15 is 0 Å². The van der Waals surface area contributed by atoms with E-state index in [1.807, 2.05) is 30.3 Å². The number of aliphatic hydroxyl groups is 1. The number of aliphatic hydroxyl groups excluding tert-OH is 1. The zero-order valence-corrected chi connectivity index (χ0v) is 25.2. The standard InChI is InChI=1S/C31H24ClN5O4S2/c1-3-15-41-21-11-8-10-19(16-21)26-24(27(38)25-18(2)33-23-13-6-7-14-36(23)25)28(39)29(40)37(26)30-34-35-31(43-30)42-17-20-9-4-5-12-22(20)32/h3-14,16,26,38H,1,15,17H2,2H3. The van der Waals surface area contributed by atoms with Gasteiger partial charge in [0.05, 0.1) is 17.3 Å². The van der Waals surface area contributed by atoms with Gasteiger partial charge in [0, 0.05) is 17.0 Å². The minimum Gasteiger partial charge on any atom is -0.505 e. The van der Waals surface area contributed by atoms with Crippen molar-refractivity contribution in [3.05, 3.63) is 119 Å². The lowest BCUT2D eigenvalue weighted by Gasteiger charge is -2.23. The number of Topliss-reactive ketones (excluding diaryl/α,β-unsaturated/α-hetero) is 1. The van der Waals surface area contributed by atoms with Crippen LogP contribution >= 0.6 is 34.7 Å². The molecule has 1 amide bonds. The molecule has 2 aromatic carbocycles. The Kier molecular flexibility index (Phi) is 8.02. The van der Waals surface area contributed by atoms with E-state index in [0.29, 0.717) is 43.5 Å². The number of hydrogen-bond donors (Lipinski definition) is 1. The first kappa shape index (κ1) is 28.7. The highest BCUT2D eigenvalue weighted by atomic mass is 35.5. The number of carbonyl (C=O) groups is 2. The van der Waals surface area contributed by atoms with Gasteiger partial charge in [-0.25, -0.2) is 4.98 Å². The fourth-order valence-electron chi connectivity index (χ4n) is 4.91. The first-order chi connectivity index (χ1) is 20.9. The second-order valence-electron chi connectivity index (χ2n) is 9.55. The Bertz CT molecular complexity index is 1920. The number of amides is 1. The van der Waals surface area contributed by atoms with Gasteiger partial charge in [-0.15, -0.1) is 10.2 Å². The van der Waals surface area contributed by atoms with Crippen LogP contribution in [0.15, 0.2) is 95.5 Å². The van der Waals surface area contributed by atoms with E-state index in [9.17, 15) is 14.7 Å². The number of imidazole rings is 1. The summed E-state index contributed by atoms with van der Waals surface area (Å²) >= 11 is 8.91. The predicted octanol–water partition coefficient (Wildman–Crippen LogP) is 6.63. The predicted molar refractivity (Wildman–Crippen MR) is 168 cm³/mol. The van der Waals surface area contributed by atoms with E-state index in [4.69, 9.17) is 16.3 Å². The molecule has 6 rings (SSSR count). The van der Waals surface area contributed by atoms with Crippen LogP contribution in [0.2, 0.25) is 5.02 Å². The Hall–Kier alpha value is -4.45. The van der Waals surface area contributed by atoms with E-state index in [1.165, 1.54) is 28.0 Å². The highest BCUT2D eigenvalue weighted by molar-refractivity contribution is 8.00. The molecule has 1 aliphatic rings. The van der Waals surface area contributed by atoms with Crippen LogP contribution in [0.4, 0.5) is 5.13 Å². The minimum absolute atomic E-state index is 0.0832. The van der Waals surface area contributed by atoms with Crippen LogP contribution in [0.1, 0.15) is 28.6 Å². The van der Waals surface area contributed by atoms with Gasteiger partial charge in [-0.2, -0.15) is 0 Å². The fourth-order valence-corrected chi connectivity index (χ4v) is 7.07. The first-order valence-electron chi connectivity index (χ1n) is 13.2. The maximum Gasteiger partial charge on any atom is 0.301 e. The van der Waals surface area contributed by atoms with Gasteiger partial charge in [-0.05, 0) is 48.4 Å². The van der Waals surface area contributed by atoms with Crippen LogP contribution in [0, 0.1) is 6.92 Å². The van der Waals surface area contributed by atoms with Crippen molar-refractivity contribution in [1.82, 2.24) is 19.6 Å². The zero-order chi connectivity index (χ0) is 30.1. The van der Waals surface area contributed by atoms with Crippen molar-refractivity contribution >= 4 is 62.9 Å². The molecule has 9 nitrogen and oxygen atoms in total. The summed E-state index contributed by atoms with van der Waals surface area (Å²) in [7, 11) is 0. The van der Waals surface area contributed by atoms with Crippen LogP contribution in [-0.4, -0.2) is 43.0 Å². The number of ketones is 1. The van der Waals surface area contributed by atoms with Gasteiger partial charge >= 0.3 is 5.91 Å². The summed E-state index contributed by atoms with van der Waals surface area (Å²) in [5.74, 6) is -0.938. The molecule has 1 unspecified atom stereocenters. The largest absolute Gasteiger partial charge is 0.505 e. The molecule has 1 aliphatic heterocycles. The lowest BCUT2D eigenvalue weighted by molar-refractivity contribution is -0.132. The van der Waals surface area contributed by atoms with E-state index in [1.54, 1.807) is 60.0 Å². The van der Waals surface area contributed by atoms with Crippen molar-refractivity contribution in [1.29, 1.82) is 0 Å². The Labute approximate surface area is 260 Å². The van der Waals surface area contributed by atoms with Gasteiger partial charge in [0.25, 0.3) is 5.78 Å². The van der Waals surface area contributed by atoms with Gasteiger partial charge < -0.3 is 9.84 Å². The molecule has 4 heterocycles. The highest BCUT2D eigenvalue weighted by Crippen LogP contribution is 2.45. The number of thioether (sulfide) groups is 1. The van der Waals surface area contributed by atoms with Crippen LogP contribution in [0.5, 0.6) is 5.75 Å². The molecule has 1 N–H and O–H groups in total. The molecule has 12 heteroatoms. The van der Waals surface area contributed by atoms with E-state index < -0.39 is 17.7 Å². The van der Waals surface area contributed by atoms with Crippen molar-refractivity contribution in [3.63, 3.8) is 0 Å². The van der Waals surface area contributed by atoms with Gasteiger partial charge in [-0.3, -0.25) is 18.9 Å². The van der Waals surface area contributed by atoms with Gasteiger partial charge in [-0.1, -0.05) is 83.8 Å². The van der Waals surface area contributed by atoms with Crippen molar-refractivity contribution in [2.45, 2.75) is 23.1 Å². The van der Waals surface area contributed by atoms with Crippen LogP contribution in [0.25, 0.3) is 11.4 Å². The number of aryl methyl sites for hydroxylation is 1. The summed E-state index contributed by atoms with van der Waals surface area (Å²) < 4.78 is 8.03. The highest BCUT2D eigenvalue weighted by Gasteiger charge is 2.49. The quantitative estimate of drug-likeness (QED) is 0.0483. The topological polar surface area (TPSA) is 110 Å². The number of halogens is 1. The molecular formula is C31H24ClN5O4S2. The first-order valence-corrected chi connectivity index (χ1v) is 15.3. The molecule has 216 valence electrons. The molecule has 3 aromatic heterocycles. The Morgan fingerprint density at radius 2 is 1.95 bits per heavy atom. The number of benzene rings is 2. The van der Waals surface area contributed by atoms with Gasteiger partial charge in [0.2, 0.25) is 5.13 Å². The molecule has 0 spiro atoms. The molecule has 1 saturated heterocycles. The average molecular weight is 630 g/mol. The van der Waals surface area contributed by atoms with E-state index in [0.717, 1.165) is 5.56 Å². The molecule has 0 bridgehead atoms. The molecule has 0 aliphatic carbocycles. The van der Waals surface area contributed by atoms with Crippen molar-refractivity contribution in [2.24, 2.45) is 0 Å². The molecule has 1 atom stereocenters. The SMILES string of the molecule is C=CCOc1cccc(C2C(=C(O)c3c(C)nc4ccccn34)C(=O)C(=O)N2c2nnc(SCc3ccccc3Cl)s2)c1. The number of pyridine rings is 1. The Morgan fingerprint density at radius 3 is 2.77 bits per heavy atom. The smallest absolute Gasteiger partial charge is 0.301 e. The summed E-state index contributed by atoms with van der Waals surface area (Å²) in [6.45, 7) is 5.70. The molecule has 43 heavy (non-hydrogen) atoms. The number of nitrogens with zero attached hydrogens (tertiary/aromatic N) is 5. The minimum atomic E-state index is -1.00. The molecule has 0 saturated carbocycles. The Balaban J connectivity index is 1.45. The lowest BCUT2D eigenvalue weighted by atomic mass is 9.96. The summed E-state index contributed by atoms with van der Waals surface area (Å²) in [5, 5.41) is 21.2. The van der Waals surface area contributed by atoms with Crippen molar-refractivity contribution < 1.29 is 19.4 Å². The zero-order valence-electron chi connectivity index (χ0n) is 22.8. The normalized spacial score (nSPS) is 16.2. The second-order valence-corrected chi connectivity index (χ2v) is 12.1. The number of hydrogen-bond acceptors (Lipinski definition) is 9. The van der Waals surface area contributed by atoms with Crippen LogP contribution < -0.4 is 9.64 Å². The third-order valence-corrected chi connectivity index (χ3v) is 9.30. The van der Waals surface area contributed by atoms with Crippen molar-refractivity contribution in [2.75, 3.05) is 11.5 Å².